The molecule has 1 aliphatic heterocycles. The number of alkyl halides is 3. The van der Waals surface area contributed by atoms with Crippen molar-refractivity contribution >= 4 is 23.0 Å². The molecule has 3 nitrogen and oxygen atoms in total. The Kier molecular flexibility index (Phi) is 4.73. The van der Waals surface area contributed by atoms with E-state index in [0.29, 0.717) is 30.2 Å². The highest BCUT2D eigenvalue weighted by Crippen LogP contribution is 2.32. The number of hydrogen-bond acceptors (Lipinski definition) is 2. The number of halogens is 3. The van der Waals surface area contributed by atoms with Gasteiger partial charge < -0.3 is 10.2 Å². The summed E-state index contributed by atoms with van der Waals surface area (Å²) in [5.74, 6) is 0. The van der Waals surface area contributed by atoms with Gasteiger partial charge >= 0.3 is 6.18 Å². The fourth-order valence-electron chi connectivity index (χ4n) is 2.16. The summed E-state index contributed by atoms with van der Waals surface area (Å²) in [5, 5.41) is 3.51. The maximum absolute atomic E-state index is 12.8. The van der Waals surface area contributed by atoms with E-state index in [2.05, 4.69) is 24.1 Å². The second-order valence-corrected chi connectivity index (χ2v) is 5.49. The summed E-state index contributed by atoms with van der Waals surface area (Å²) in [4.78, 5) is 3.83. The van der Waals surface area contributed by atoms with Crippen molar-refractivity contribution < 1.29 is 13.2 Å². The van der Waals surface area contributed by atoms with Crippen LogP contribution in [0.1, 0.15) is 25.8 Å². The summed E-state index contributed by atoms with van der Waals surface area (Å²) in [6, 6.07) is 5.57. The second-order valence-electron chi connectivity index (χ2n) is 5.10. The minimum absolute atomic E-state index is 0.328. The van der Waals surface area contributed by atoms with E-state index in [1.807, 2.05) is 0 Å². The molecule has 0 amide bonds. The summed E-state index contributed by atoms with van der Waals surface area (Å²) < 4.78 is 38.4. The molecule has 0 aliphatic carbocycles. The van der Waals surface area contributed by atoms with E-state index >= 15 is 0 Å². The molecule has 0 bridgehead atoms. The van der Waals surface area contributed by atoms with E-state index < -0.39 is 11.7 Å². The summed E-state index contributed by atoms with van der Waals surface area (Å²) in [5.41, 5.74) is -0.209. The van der Waals surface area contributed by atoms with E-state index in [0.717, 1.165) is 18.6 Å². The molecule has 1 aromatic carbocycles. The minimum Gasteiger partial charge on any atom is -0.349 e. The van der Waals surface area contributed by atoms with Crippen molar-refractivity contribution in [3.63, 3.8) is 0 Å². The lowest BCUT2D eigenvalue weighted by Crippen LogP contribution is -2.58. The van der Waals surface area contributed by atoms with Crippen LogP contribution in [0.15, 0.2) is 24.3 Å². The van der Waals surface area contributed by atoms with Crippen molar-refractivity contribution in [2.75, 3.05) is 18.2 Å². The van der Waals surface area contributed by atoms with Gasteiger partial charge in [0, 0.05) is 11.7 Å². The summed E-state index contributed by atoms with van der Waals surface area (Å²) in [6.07, 6.45) is -3.39. The van der Waals surface area contributed by atoms with Gasteiger partial charge in [-0.3, -0.25) is 4.90 Å². The van der Waals surface area contributed by atoms with Crippen LogP contribution in [-0.2, 0) is 6.18 Å². The molecule has 0 spiro atoms. The molecule has 1 N–H and O–H groups in total. The lowest BCUT2D eigenvalue weighted by Gasteiger charge is -2.40. The van der Waals surface area contributed by atoms with Crippen LogP contribution in [0.25, 0.3) is 0 Å². The lowest BCUT2D eigenvalue weighted by atomic mass is 10.2. The van der Waals surface area contributed by atoms with Gasteiger partial charge in [0.15, 0.2) is 5.11 Å². The average Bonchev–Trinajstić information content (AvgIpc) is 2.46. The molecule has 1 fully saturated rings. The molecular weight excluding hydrogens is 299 g/mol. The Hall–Kier alpha value is -1.34. The highest BCUT2D eigenvalue weighted by atomic mass is 32.1. The molecule has 1 unspecified atom stereocenters. The largest absolute Gasteiger partial charge is 0.416 e. The number of anilines is 1. The van der Waals surface area contributed by atoms with Crippen molar-refractivity contribution in [1.82, 2.24) is 10.2 Å². The molecule has 7 heteroatoms. The zero-order valence-electron chi connectivity index (χ0n) is 11.9. The molecule has 0 aromatic heterocycles. The molecule has 0 saturated carbocycles. The van der Waals surface area contributed by atoms with Gasteiger partial charge in [-0.1, -0.05) is 13.0 Å². The second kappa shape index (κ2) is 6.19. The topological polar surface area (TPSA) is 18.5 Å². The van der Waals surface area contributed by atoms with Crippen molar-refractivity contribution in [1.29, 1.82) is 0 Å². The molecule has 1 heterocycles. The van der Waals surface area contributed by atoms with Gasteiger partial charge in [-0.25, -0.2) is 0 Å². The third-order valence-electron chi connectivity index (χ3n) is 3.70. The van der Waals surface area contributed by atoms with E-state index in [4.69, 9.17) is 12.2 Å². The molecule has 1 atom stereocenters. The smallest absolute Gasteiger partial charge is 0.349 e. The first-order chi connectivity index (χ1) is 9.82. The first-order valence-corrected chi connectivity index (χ1v) is 7.20. The average molecular weight is 317 g/mol. The van der Waals surface area contributed by atoms with Gasteiger partial charge in [0.1, 0.15) is 0 Å². The number of nitrogens with one attached hydrogen (secondary N) is 1. The van der Waals surface area contributed by atoms with Gasteiger partial charge in [0.2, 0.25) is 0 Å². The van der Waals surface area contributed by atoms with Crippen LogP contribution in [0.5, 0.6) is 0 Å². The van der Waals surface area contributed by atoms with Crippen LogP contribution in [0.3, 0.4) is 0 Å². The van der Waals surface area contributed by atoms with Crippen molar-refractivity contribution in [3.05, 3.63) is 29.8 Å². The van der Waals surface area contributed by atoms with Gasteiger partial charge in [-0.2, -0.15) is 13.2 Å². The standard InChI is InChI=1S/C14H18F3N3S/c1-3-10(2)19-8-18-13(21)20(9-19)12-6-4-5-11(7-12)14(15,16)17/h4-7,10H,3,8-9H2,1-2H3,(H,18,21). The summed E-state index contributed by atoms with van der Waals surface area (Å²) >= 11 is 5.23. The van der Waals surface area contributed by atoms with Crippen LogP contribution >= 0.6 is 12.2 Å². The number of hydrogen-bond donors (Lipinski definition) is 1. The molecule has 2 rings (SSSR count). The Morgan fingerprint density at radius 1 is 1.38 bits per heavy atom. The first-order valence-electron chi connectivity index (χ1n) is 6.79. The summed E-state index contributed by atoms with van der Waals surface area (Å²) in [7, 11) is 0. The molecule has 0 radical (unpaired) electrons. The first kappa shape index (κ1) is 16.0. The Morgan fingerprint density at radius 2 is 2.10 bits per heavy atom. The lowest BCUT2D eigenvalue weighted by molar-refractivity contribution is -0.137. The van der Waals surface area contributed by atoms with Crippen LogP contribution in [0.2, 0.25) is 0 Å². The van der Waals surface area contributed by atoms with Crippen LogP contribution in [0.4, 0.5) is 18.9 Å². The van der Waals surface area contributed by atoms with E-state index in [1.165, 1.54) is 6.07 Å². The highest BCUT2D eigenvalue weighted by Gasteiger charge is 2.32. The number of rotatable bonds is 3. The summed E-state index contributed by atoms with van der Waals surface area (Å²) in [6.45, 7) is 5.26. The Morgan fingerprint density at radius 3 is 2.71 bits per heavy atom. The fourth-order valence-corrected chi connectivity index (χ4v) is 2.39. The maximum atomic E-state index is 12.8. The van der Waals surface area contributed by atoms with Crippen LogP contribution < -0.4 is 10.2 Å². The highest BCUT2D eigenvalue weighted by molar-refractivity contribution is 7.80. The third kappa shape index (κ3) is 3.65. The van der Waals surface area contributed by atoms with E-state index in [9.17, 15) is 13.2 Å². The van der Waals surface area contributed by atoms with Crippen molar-refractivity contribution in [2.24, 2.45) is 0 Å². The van der Waals surface area contributed by atoms with Gasteiger partial charge in [0.05, 0.1) is 18.9 Å². The number of benzene rings is 1. The molecule has 1 saturated heterocycles. The molecule has 116 valence electrons. The molecular formula is C14H18F3N3S. The van der Waals surface area contributed by atoms with E-state index in [-0.39, 0.29) is 0 Å². The van der Waals surface area contributed by atoms with Gasteiger partial charge in [-0.05, 0) is 43.8 Å². The SMILES string of the molecule is CCC(C)N1CNC(=S)N(c2cccc(C(F)(F)F)c2)C1. The predicted molar refractivity (Wildman–Crippen MR) is 81.0 cm³/mol. The van der Waals surface area contributed by atoms with Crippen LogP contribution in [-0.4, -0.2) is 29.4 Å². The van der Waals surface area contributed by atoms with Gasteiger partial charge in [-0.15, -0.1) is 0 Å². The van der Waals surface area contributed by atoms with E-state index in [1.54, 1.807) is 11.0 Å². The zero-order valence-corrected chi connectivity index (χ0v) is 12.8. The van der Waals surface area contributed by atoms with Crippen molar-refractivity contribution in [2.45, 2.75) is 32.5 Å². The Bertz CT molecular complexity index is 518. The molecule has 1 aromatic rings. The maximum Gasteiger partial charge on any atom is 0.416 e. The normalized spacial score (nSPS) is 18.5. The van der Waals surface area contributed by atoms with Crippen LogP contribution in [0, 0.1) is 0 Å². The minimum atomic E-state index is -4.35. The third-order valence-corrected chi connectivity index (χ3v) is 4.07. The van der Waals surface area contributed by atoms with Gasteiger partial charge in [0.25, 0.3) is 0 Å². The Balaban J connectivity index is 2.25. The van der Waals surface area contributed by atoms with Crippen molar-refractivity contribution in [3.8, 4) is 0 Å². The monoisotopic (exact) mass is 317 g/mol. The molecule has 1 aliphatic rings. The molecule has 21 heavy (non-hydrogen) atoms. The predicted octanol–water partition coefficient (Wildman–Crippen LogP) is 3.42. The fraction of sp³-hybridized carbons (Fsp3) is 0.500. The Labute approximate surface area is 127 Å². The number of thiocarbonyl (C=S) groups is 1. The quantitative estimate of drug-likeness (QED) is 0.861. The zero-order chi connectivity index (χ0) is 15.6. The number of nitrogens with zero attached hydrogens (tertiary/aromatic N) is 2.